The summed E-state index contributed by atoms with van der Waals surface area (Å²) in [5.74, 6) is 2.15. The van der Waals surface area contributed by atoms with Crippen LogP contribution in [-0.2, 0) is 5.75 Å². The summed E-state index contributed by atoms with van der Waals surface area (Å²) in [5, 5.41) is 0. The number of rotatable bonds is 2. The minimum atomic E-state index is 0.547. The fraction of sp³-hybridized carbons (Fsp3) is 0.467. The van der Waals surface area contributed by atoms with Gasteiger partial charge >= 0.3 is 0 Å². The molecule has 17 heavy (non-hydrogen) atoms. The highest BCUT2D eigenvalue weighted by atomic mass is 32.2. The predicted octanol–water partition coefficient (Wildman–Crippen LogP) is 4.46. The van der Waals surface area contributed by atoms with E-state index >= 15 is 0 Å². The second-order valence-corrected chi connectivity index (χ2v) is 5.97. The fourth-order valence-electron chi connectivity index (χ4n) is 2.35. The van der Waals surface area contributed by atoms with E-state index in [-0.39, 0.29) is 0 Å². The van der Waals surface area contributed by atoms with Gasteiger partial charge in [0, 0.05) is 11.4 Å². The molecule has 2 rings (SSSR count). The van der Waals surface area contributed by atoms with Gasteiger partial charge < -0.3 is 4.72 Å². The zero-order valence-corrected chi connectivity index (χ0v) is 11.9. The molecule has 1 aliphatic heterocycles. The van der Waals surface area contributed by atoms with E-state index in [9.17, 15) is 0 Å². The summed E-state index contributed by atoms with van der Waals surface area (Å²) in [6.45, 7) is 9.09. The van der Waals surface area contributed by atoms with Gasteiger partial charge in [0.2, 0.25) is 0 Å². The van der Waals surface area contributed by atoms with Crippen LogP contribution >= 0.6 is 11.9 Å². The summed E-state index contributed by atoms with van der Waals surface area (Å²) < 4.78 is 3.56. The Kier molecular flexibility index (Phi) is 3.82. The molecule has 2 heteroatoms. The Morgan fingerprint density at radius 3 is 2.41 bits per heavy atom. The van der Waals surface area contributed by atoms with E-state index in [2.05, 4.69) is 56.7 Å². The summed E-state index contributed by atoms with van der Waals surface area (Å²) >= 11 is 1.81. The lowest BCUT2D eigenvalue weighted by atomic mass is 9.88. The molecule has 0 bridgehead atoms. The molecular formula is C15H21NS. The topological polar surface area (TPSA) is 12.0 Å². The van der Waals surface area contributed by atoms with E-state index < -0.39 is 0 Å². The molecule has 1 heterocycles. The van der Waals surface area contributed by atoms with Gasteiger partial charge in [-0.2, -0.15) is 0 Å². The summed E-state index contributed by atoms with van der Waals surface area (Å²) in [6, 6.07) is 8.79. The maximum atomic E-state index is 3.56. The SMILES string of the molecule is CC(C)C1=C(C(C)C)c2ccccc2CSN1. The molecule has 0 spiro atoms. The van der Waals surface area contributed by atoms with Crippen molar-refractivity contribution in [3.63, 3.8) is 0 Å². The molecule has 0 saturated carbocycles. The summed E-state index contributed by atoms with van der Waals surface area (Å²) in [5.41, 5.74) is 5.77. The van der Waals surface area contributed by atoms with E-state index in [1.54, 1.807) is 0 Å². The monoisotopic (exact) mass is 247 g/mol. The van der Waals surface area contributed by atoms with Gasteiger partial charge in [-0.15, -0.1) is 0 Å². The number of benzene rings is 1. The maximum Gasteiger partial charge on any atom is 0.0389 e. The van der Waals surface area contributed by atoms with Crippen molar-refractivity contribution in [2.45, 2.75) is 33.4 Å². The van der Waals surface area contributed by atoms with Crippen LogP contribution in [0.15, 0.2) is 30.0 Å². The highest BCUT2D eigenvalue weighted by Crippen LogP contribution is 2.36. The zero-order chi connectivity index (χ0) is 12.4. The van der Waals surface area contributed by atoms with Crippen LogP contribution in [0, 0.1) is 11.8 Å². The Morgan fingerprint density at radius 1 is 1.06 bits per heavy atom. The Morgan fingerprint density at radius 2 is 1.76 bits per heavy atom. The van der Waals surface area contributed by atoms with Crippen LogP contribution in [0.3, 0.4) is 0 Å². The number of nitrogens with one attached hydrogen (secondary N) is 1. The van der Waals surface area contributed by atoms with Crippen molar-refractivity contribution in [1.29, 1.82) is 0 Å². The quantitative estimate of drug-likeness (QED) is 0.774. The van der Waals surface area contributed by atoms with Crippen molar-refractivity contribution in [2.24, 2.45) is 11.8 Å². The second kappa shape index (κ2) is 5.18. The molecule has 0 aromatic heterocycles. The molecular weight excluding hydrogens is 226 g/mol. The van der Waals surface area contributed by atoms with Crippen LogP contribution in [-0.4, -0.2) is 0 Å². The smallest absolute Gasteiger partial charge is 0.0389 e. The average Bonchev–Trinajstić information content (AvgIpc) is 2.47. The molecule has 0 saturated heterocycles. The number of allylic oxidation sites excluding steroid dienone is 2. The molecule has 0 fully saturated rings. The Labute approximate surface area is 109 Å². The van der Waals surface area contributed by atoms with E-state index in [0.717, 1.165) is 5.75 Å². The number of hydrogen-bond donors (Lipinski definition) is 1. The molecule has 0 atom stereocenters. The van der Waals surface area contributed by atoms with Crippen LogP contribution in [0.2, 0.25) is 0 Å². The summed E-state index contributed by atoms with van der Waals surface area (Å²) in [6.07, 6.45) is 0. The normalized spacial score (nSPS) is 15.9. The third kappa shape index (κ3) is 2.52. The first-order valence-corrected chi connectivity index (χ1v) is 7.30. The highest BCUT2D eigenvalue weighted by Gasteiger charge is 2.20. The lowest BCUT2D eigenvalue weighted by Gasteiger charge is -2.20. The second-order valence-electron chi connectivity index (χ2n) is 5.18. The average molecular weight is 247 g/mol. The lowest BCUT2D eigenvalue weighted by Crippen LogP contribution is -2.13. The number of fused-ring (bicyclic) bond motifs is 1. The molecule has 1 aromatic rings. The molecule has 1 aromatic carbocycles. The van der Waals surface area contributed by atoms with Crippen molar-refractivity contribution >= 4 is 17.5 Å². The van der Waals surface area contributed by atoms with Crippen molar-refractivity contribution in [1.82, 2.24) is 4.72 Å². The minimum absolute atomic E-state index is 0.547. The van der Waals surface area contributed by atoms with E-state index in [4.69, 9.17) is 0 Å². The van der Waals surface area contributed by atoms with Crippen molar-refractivity contribution in [3.05, 3.63) is 41.1 Å². The molecule has 0 radical (unpaired) electrons. The van der Waals surface area contributed by atoms with Crippen LogP contribution in [0.4, 0.5) is 0 Å². The van der Waals surface area contributed by atoms with Gasteiger partial charge in [0.15, 0.2) is 0 Å². The molecule has 0 unspecified atom stereocenters. The first-order chi connectivity index (χ1) is 8.11. The first-order valence-electron chi connectivity index (χ1n) is 6.31. The maximum absolute atomic E-state index is 3.56. The van der Waals surface area contributed by atoms with E-state index in [1.807, 2.05) is 11.9 Å². The molecule has 1 nitrogen and oxygen atoms in total. The molecule has 0 aliphatic carbocycles. The van der Waals surface area contributed by atoms with Crippen molar-refractivity contribution < 1.29 is 0 Å². The zero-order valence-electron chi connectivity index (χ0n) is 11.1. The fourth-order valence-corrected chi connectivity index (χ4v) is 3.33. The van der Waals surface area contributed by atoms with E-state index in [1.165, 1.54) is 22.4 Å². The Hall–Kier alpha value is -0.890. The standard InChI is InChI=1S/C15H21NS/c1-10(2)14-13-8-6-5-7-12(13)9-17-16-15(14)11(3)4/h5-8,10-11,16H,9H2,1-4H3. The van der Waals surface area contributed by atoms with Crippen molar-refractivity contribution in [3.8, 4) is 0 Å². The van der Waals surface area contributed by atoms with Crippen molar-refractivity contribution in [2.75, 3.05) is 0 Å². The molecule has 92 valence electrons. The van der Waals surface area contributed by atoms with Crippen LogP contribution in [0.25, 0.3) is 5.57 Å². The minimum Gasteiger partial charge on any atom is -0.333 e. The van der Waals surface area contributed by atoms with Gasteiger partial charge in [-0.3, -0.25) is 0 Å². The summed E-state index contributed by atoms with van der Waals surface area (Å²) in [4.78, 5) is 0. The summed E-state index contributed by atoms with van der Waals surface area (Å²) in [7, 11) is 0. The van der Waals surface area contributed by atoms with Gasteiger partial charge in [0.25, 0.3) is 0 Å². The van der Waals surface area contributed by atoms with Gasteiger partial charge in [-0.05, 0) is 40.5 Å². The van der Waals surface area contributed by atoms with Gasteiger partial charge in [0.1, 0.15) is 0 Å². The lowest BCUT2D eigenvalue weighted by molar-refractivity contribution is 0.720. The third-order valence-electron chi connectivity index (χ3n) is 3.16. The van der Waals surface area contributed by atoms with Gasteiger partial charge in [0.05, 0.1) is 0 Å². The van der Waals surface area contributed by atoms with Crippen LogP contribution < -0.4 is 4.72 Å². The predicted molar refractivity (Wildman–Crippen MR) is 77.5 cm³/mol. The largest absolute Gasteiger partial charge is 0.333 e. The van der Waals surface area contributed by atoms with E-state index in [0.29, 0.717) is 11.8 Å². The van der Waals surface area contributed by atoms with Gasteiger partial charge in [-0.1, -0.05) is 52.0 Å². The van der Waals surface area contributed by atoms with Gasteiger partial charge in [-0.25, -0.2) is 0 Å². The van der Waals surface area contributed by atoms with Crippen LogP contribution in [0.5, 0.6) is 0 Å². The third-order valence-corrected chi connectivity index (χ3v) is 3.98. The molecule has 1 N–H and O–H groups in total. The Bertz CT molecular complexity index is 432. The molecule has 0 amide bonds. The highest BCUT2D eigenvalue weighted by molar-refractivity contribution is 7.96. The first kappa shape index (κ1) is 12.6. The Balaban J connectivity index is 2.61. The molecule has 1 aliphatic rings. The van der Waals surface area contributed by atoms with Crippen LogP contribution in [0.1, 0.15) is 38.8 Å². The number of hydrogen-bond acceptors (Lipinski definition) is 2.